The van der Waals surface area contributed by atoms with E-state index >= 15 is 0 Å². The van der Waals surface area contributed by atoms with Crippen LogP contribution < -0.4 is 37.6 Å². The van der Waals surface area contributed by atoms with Crippen LogP contribution in [-0.4, -0.2) is 90.3 Å². The fraction of sp³-hybridized carbons (Fsp3) is 0.811. The molecule has 0 radical (unpaired) electrons. The van der Waals surface area contributed by atoms with Gasteiger partial charge in [-0.05, 0) is 48.3 Å². The lowest BCUT2D eigenvalue weighted by Crippen LogP contribution is -2.62. The first-order valence-electron chi connectivity index (χ1n) is 18.6. The van der Waals surface area contributed by atoms with Crippen molar-refractivity contribution in [2.45, 2.75) is 146 Å². The molecule has 7 atom stereocenters. The lowest BCUT2D eigenvalue weighted by atomic mass is 9.96. The van der Waals surface area contributed by atoms with Crippen LogP contribution in [0.25, 0.3) is 0 Å². The van der Waals surface area contributed by atoms with Crippen LogP contribution in [0.15, 0.2) is 0 Å². The van der Waals surface area contributed by atoms with Gasteiger partial charge in [-0.15, -0.1) is 0 Å². The lowest BCUT2D eigenvalue weighted by molar-refractivity contribution is -0.149. The van der Waals surface area contributed by atoms with E-state index in [1.165, 1.54) is 0 Å². The Bertz CT molecular complexity index is 1220. The summed E-state index contributed by atoms with van der Waals surface area (Å²) in [4.78, 5) is 92.9. The van der Waals surface area contributed by atoms with Gasteiger partial charge in [-0.3, -0.25) is 28.8 Å². The number of esters is 1. The molecule has 6 amide bonds. The van der Waals surface area contributed by atoms with E-state index in [-0.39, 0.29) is 30.3 Å². The van der Waals surface area contributed by atoms with Gasteiger partial charge in [0.2, 0.25) is 35.4 Å². The third-order valence-electron chi connectivity index (χ3n) is 8.76. The first-order chi connectivity index (χ1) is 23.9. The smallest absolute Gasteiger partial charge is 0.328 e. The van der Waals surface area contributed by atoms with Gasteiger partial charge in [-0.25, -0.2) is 4.79 Å². The van der Waals surface area contributed by atoms with Gasteiger partial charge < -0.3 is 42.4 Å². The highest BCUT2D eigenvalue weighted by molar-refractivity contribution is 5.97. The molecule has 0 bridgehead atoms. The highest BCUT2D eigenvalue weighted by Crippen LogP contribution is 2.13. The average Bonchev–Trinajstić information content (AvgIpc) is 3.02. The van der Waals surface area contributed by atoms with Gasteiger partial charge in [0.1, 0.15) is 36.3 Å². The first-order valence-corrected chi connectivity index (χ1v) is 18.6. The molecule has 15 nitrogen and oxygen atoms in total. The molecular weight excluding hydrogens is 670 g/mol. The Kier molecular flexibility index (Phi) is 20.7. The maximum absolute atomic E-state index is 13.7. The van der Waals surface area contributed by atoms with Gasteiger partial charge in [0.15, 0.2) is 0 Å². The van der Waals surface area contributed by atoms with Crippen molar-refractivity contribution in [3.63, 3.8) is 0 Å². The van der Waals surface area contributed by atoms with Gasteiger partial charge in [-0.2, -0.15) is 0 Å². The Morgan fingerprint density at radius 2 is 0.596 bits per heavy atom. The minimum Gasteiger partial charge on any atom is -0.464 e. The van der Waals surface area contributed by atoms with Crippen molar-refractivity contribution < 1.29 is 38.3 Å². The van der Waals surface area contributed by atoms with Gasteiger partial charge >= 0.3 is 5.97 Å². The summed E-state index contributed by atoms with van der Waals surface area (Å²) in [5.74, 6) is -6.40. The summed E-state index contributed by atoms with van der Waals surface area (Å²) in [6.45, 7) is 26.4. The van der Waals surface area contributed by atoms with Crippen molar-refractivity contribution in [3.05, 3.63) is 0 Å². The van der Waals surface area contributed by atoms with Crippen molar-refractivity contribution in [2.24, 2.45) is 47.2 Å². The Morgan fingerprint density at radius 1 is 0.385 bits per heavy atom. The molecule has 0 spiro atoms. The highest BCUT2D eigenvalue weighted by Gasteiger charge is 2.37. The zero-order chi connectivity index (χ0) is 40.8. The van der Waals surface area contributed by atoms with E-state index in [9.17, 15) is 33.6 Å². The summed E-state index contributed by atoms with van der Waals surface area (Å²) >= 11 is 0. The summed E-state index contributed by atoms with van der Waals surface area (Å²) in [6.07, 6.45) is 0. The second kappa shape index (κ2) is 22.3. The quantitative estimate of drug-likeness (QED) is 0.0843. The van der Waals surface area contributed by atoms with Crippen LogP contribution in [-0.2, 0) is 38.3 Å². The van der Waals surface area contributed by atoms with Crippen LogP contribution in [0.3, 0.4) is 0 Å². The van der Waals surface area contributed by atoms with E-state index < -0.39 is 101 Å². The number of nitrogens with two attached hydrogens (primary N) is 1. The van der Waals surface area contributed by atoms with Gasteiger partial charge in [0.05, 0.1) is 12.6 Å². The fourth-order valence-corrected chi connectivity index (χ4v) is 5.17. The largest absolute Gasteiger partial charge is 0.464 e. The zero-order valence-electron chi connectivity index (χ0n) is 34.1. The summed E-state index contributed by atoms with van der Waals surface area (Å²) < 4.78 is 5.11. The predicted octanol–water partition coefficient (Wildman–Crippen LogP) is 1.38. The van der Waals surface area contributed by atoms with Crippen molar-refractivity contribution in [2.75, 3.05) is 6.61 Å². The molecule has 0 saturated carbocycles. The molecule has 0 aliphatic heterocycles. The normalized spacial score (nSPS) is 15.8. The molecule has 0 aromatic heterocycles. The number of hydrogen-bond acceptors (Lipinski definition) is 9. The molecule has 15 heteroatoms. The predicted molar refractivity (Wildman–Crippen MR) is 200 cm³/mol. The molecule has 0 saturated heterocycles. The molecule has 52 heavy (non-hydrogen) atoms. The number of amides is 6. The number of ether oxygens (including phenoxy) is 1. The minimum absolute atomic E-state index is 0.148. The fourth-order valence-electron chi connectivity index (χ4n) is 5.17. The third kappa shape index (κ3) is 15.1. The van der Waals surface area contributed by atoms with Crippen LogP contribution in [0.2, 0.25) is 0 Å². The van der Waals surface area contributed by atoms with Gasteiger partial charge in [0.25, 0.3) is 0 Å². The number of nitrogens with one attached hydrogen (secondary N) is 6. The molecular formula is C37H69N7O8. The summed E-state index contributed by atoms with van der Waals surface area (Å²) in [6, 6.07) is -6.96. The Balaban J connectivity index is 6.04. The van der Waals surface area contributed by atoms with Crippen molar-refractivity contribution in [3.8, 4) is 0 Å². The van der Waals surface area contributed by atoms with E-state index in [0.717, 1.165) is 0 Å². The molecule has 0 aliphatic carbocycles. The molecule has 0 fully saturated rings. The molecule has 0 aliphatic rings. The second-order valence-corrected chi connectivity index (χ2v) is 15.9. The van der Waals surface area contributed by atoms with E-state index in [0.29, 0.717) is 0 Å². The van der Waals surface area contributed by atoms with Gasteiger partial charge in [-0.1, -0.05) is 96.9 Å². The molecule has 0 heterocycles. The van der Waals surface area contributed by atoms with Crippen LogP contribution in [0.1, 0.15) is 104 Å². The Labute approximate surface area is 311 Å². The van der Waals surface area contributed by atoms with E-state index in [1.807, 2.05) is 0 Å². The minimum atomic E-state index is -1.09. The zero-order valence-corrected chi connectivity index (χ0v) is 34.1. The van der Waals surface area contributed by atoms with Crippen molar-refractivity contribution in [1.29, 1.82) is 0 Å². The Hall–Kier alpha value is -3.75. The summed E-state index contributed by atoms with van der Waals surface area (Å²) in [5, 5.41) is 16.4. The molecule has 8 N–H and O–H groups in total. The maximum Gasteiger partial charge on any atom is 0.328 e. The SMILES string of the molecule is CCOC(=O)[C@@H](NC(=O)[C@@H](NC(=O)[C@@H](NC(=O)[C@@H](NC(=O)[C@@H](NC(=O)[C@@H](NC(=O)[C@@H](N)C(C)C)C(C)C)C(C)C)C(C)C)C(C)C)C(C)C)C(C)C. The standard InChI is InChI=1S/C37H69N7O8/c1-16-52-37(51)30(23(14)15)44-36(50)29(22(12)13)43-35(49)28(21(10)11)42-34(48)27(20(8)9)41-33(47)26(19(6)7)40-32(46)25(18(4)5)39-31(45)24(38)17(2)3/h17-30H,16,38H2,1-15H3,(H,39,45)(H,40,46)(H,41,47)(H,42,48)(H,43,49)(H,44,50)/t24-,25-,26-,27-,28-,29-,30-/m0/s1. The topological polar surface area (TPSA) is 227 Å². The molecule has 0 unspecified atom stereocenters. The summed E-state index contributed by atoms with van der Waals surface area (Å²) in [7, 11) is 0. The Morgan fingerprint density at radius 3 is 0.788 bits per heavy atom. The number of hydrogen-bond donors (Lipinski definition) is 7. The van der Waals surface area contributed by atoms with Crippen LogP contribution in [0, 0.1) is 41.4 Å². The summed E-state index contributed by atoms with van der Waals surface area (Å²) in [5.41, 5.74) is 5.98. The monoisotopic (exact) mass is 740 g/mol. The third-order valence-corrected chi connectivity index (χ3v) is 8.76. The number of rotatable bonds is 21. The van der Waals surface area contributed by atoms with Crippen molar-refractivity contribution in [1.82, 2.24) is 31.9 Å². The van der Waals surface area contributed by atoms with E-state index in [2.05, 4.69) is 31.9 Å². The lowest BCUT2D eigenvalue weighted by Gasteiger charge is -2.31. The van der Waals surface area contributed by atoms with Gasteiger partial charge in [0, 0.05) is 0 Å². The van der Waals surface area contributed by atoms with E-state index in [1.54, 1.807) is 104 Å². The first kappa shape index (κ1) is 48.2. The molecule has 300 valence electrons. The molecule has 0 aromatic rings. The van der Waals surface area contributed by atoms with Crippen LogP contribution in [0.5, 0.6) is 0 Å². The van der Waals surface area contributed by atoms with Crippen molar-refractivity contribution >= 4 is 41.4 Å². The van der Waals surface area contributed by atoms with Crippen LogP contribution in [0.4, 0.5) is 0 Å². The highest BCUT2D eigenvalue weighted by atomic mass is 16.5. The molecule has 0 aromatic carbocycles. The average molecular weight is 740 g/mol. The number of carbonyl (C=O) groups is 7. The van der Waals surface area contributed by atoms with E-state index in [4.69, 9.17) is 10.5 Å². The van der Waals surface area contributed by atoms with Crippen LogP contribution >= 0.6 is 0 Å². The molecule has 0 rings (SSSR count). The maximum atomic E-state index is 13.7. The second-order valence-electron chi connectivity index (χ2n) is 15.9. The number of carbonyl (C=O) groups excluding carboxylic acids is 7.